The van der Waals surface area contributed by atoms with E-state index >= 15 is 0 Å². The zero-order valence-electron chi connectivity index (χ0n) is 16.4. The summed E-state index contributed by atoms with van der Waals surface area (Å²) in [5, 5.41) is 7.42. The maximum Gasteiger partial charge on any atom is 0.445 e. The van der Waals surface area contributed by atoms with E-state index in [0.29, 0.717) is 0 Å². The first-order chi connectivity index (χ1) is 16.3. The molecule has 0 spiro atoms. The van der Waals surface area contributed by atoms with E-state index in [2.05, 4.69) is 0 Å². The van der Waals surface area contributed by atoms with Crippen LogP contribution in [0.3, 0.4) is 0 Å². The molecule has 0 fully saturated rings. The summed E-state index contributed by atoms with van der Waals surface area (Å²) in [6, 6.07) is 0. The summed E-state index contributed by atoms with van der Waals surface area (Å²) < 4.78 is 323. The van der Waals surface area contributed by atoms with E-state index in [1.807, 2.05) is 0 Å². The normalized spacial score (nSPS) is 17.4. The van der Waals surface area contributed by atoms with E-state index < -0.39 is 77.2 Å². The van der Waals surface area contributed by atoms with Gasteiger partial charge in [-0.1, -0.05) is 0 Å². The molecule has 26 heteroatoms. The highest BCUT2D eigenvalue weighted by Crippen LogP contribution is 2.66. The molecule has 0 saturated carbocycles. The maximum absolute atomic E-state index is 13.4. The molecule has 0 aliphatic carbocycles. The van der Waals surface area contributed by atoms with Crippen LogP contribution in [-0.2, 0) is 0 Å². The fourth-order valence-electron chi connectivity index (χ4n) is 1.97. The van der Waals surface area contributed by atoms with E-state index in [0.717, 1.165) is 0 Å². The number of hydrogen-bond acceptors (Lipinski definition) is 1. The lowest BCUT2D eigenvalue weighted by Gasteiger charge is -2.44. The van der Waals surface area contributed by atoms with Crippen molar-refractivity contribution < 1.29 is 115 Å². The first kappa shape index (κ1) is 36.9. The highest BCUT2D eigenvalue weighted by atomic mass is 19.4. The van der Waals surface area contributed by atoms with E-state index in [9.17, 15) is 110 Å². The molecule has 0 amide bonds. The first-order valence-electron chi connectivity index (χ1n) is 7.95. The highest BCUT2D eigenvalue weighted by molar-refractivity contribution is 5.24. The lowest BCUT2D eigenvalue weighted by molar-refractivity contribution is -0.478. The van der Waals surface area contributed by atoms with Crippen molar-refractivity contribution in [2.45, 2.75) is 65.6 Å². The number of rotatable bonds is 10. The maximum atomic E-state index is 13.4. The molecule has 0 saturated heterocycles. The molecule has 0 aliphatic rings. The molecule has 0 rings (SSSR count). The fourth-order valence-corrected chi connectivity index (χ4v) is 1.97. The number of halogens is 25. The van der Waals surface area contributed by atoms with Gasteiger partial charge in [0.25, 0.3) is 0 Å². The predicted molar refractivity (Wildman–Crippen MR) is 67.0 cm³/mol. The minimum atomic E-state index is -9.53. The zero-order chi connectivity index (χ0) is 32.7. The molecular weight excluding hydrogens is 647 g/mol. The Bertz CT molecular complexity index is 944. The fraction of sp³-hybridized carbons (Fsp3) is 0.846. The van der Waals surface area contributed by atoms with Crippen LogP contribution in [0.2, 0.25) is 0 Å². The molecular formula is C13HF25O. The Balaban J connectivity index is 7.31. The van der Waals surface area contributed by atoms with Crippen molar-refractivity contribution in [3.05, 3.63) is 11.7 Å². The van der Waals surface area contributed by atoms with Crippen molar-refractivity contribution in [3.8, 4) is 0 Å². The van der Waals surface area contributed by atoms with Gasteiger partial charge in [0.05, 0.1) is 0 Å². The van der Waals surface area contributed by atoms with Crippen LogP contribution < -0.4 is 0 Å². The Kier molecular flexibility index (Phi) is 8.50. The molecule has 0 aromatic rings. The monoisotopic (exact) mass is 648 g/mol. The van der Waals surface area contributed by atoms with E-state index in [1.165, 1.54) is 0 Å². The molecule has 0 bridgehead atoms. The van der Waals surface area contributed by atoms with E-state index in [1.54, 1.807) is 0 Å². The van der Waals surface area contributed by atoms with Crippen LogP contribution in [0.1, 0.15) is 0 Å². The Morgan fingerprint density at radius 2 is 0.513 bits per heavy atom. The number of aliphatic hydroxyl groups is 1. The zero-order valence-corrected chi connectivity index (χ0v) is 16.4. The van der Waals surface area contributed by atoms with Crippen molar-refractivity contribution in [2.75, 3.05) is 0 Å². The summed E-state index contributed by atoms with van der Waals surface area (Å²) in [5.41, 5.74) is 0. The van der Waals surface area contributed by atoms with Gasteiger partial charge in [0, 0.05) is 0 Å². The standard InChI is InChI=1S/C13HF25O/c14-1(2(15)4(18,19)20)3(16,17)5(21,22)6(23,24)7(25,26)8(27,28)9(29,30)10(31,32)11(33,34)12(35,36)13(37,38)39/h39H/b2-1+. The van der Waals surface area contributed by atoms with Gasteiger partial charge in [0.15, 0.2) is 0 Å². The summed E-state index contributed by atoms with van der Waals surface area (Å²) >= 11 is 0. The number of alkyl halides is 23. The van der Waals surface area contributed by atoms with Crippen molar-refractivity contribution in [1.29, 1.82) is 0 Å². The first-order valence-corrected chi connectivity index (χ1v) is 7.95. The van der Waals surface area contributed by atoms with E-state index in [-0.39, 0.29) is 0 Å². The molecule has 0 unspecified atom stereocenters. The third-order valence-corrected chi connectivity index (χ3v) is 4.25. The molecule has 0 heterocycles. The second-order valence-electron chi connectivity index (χ2n) is 6.84. The van der Waals surface area contributed by atoms with Crippen molar-refractivity contribution >= 4 is 0 Å². The summed E-state index contributed by atoms with van der Waals surface area (Å²) in [7, 11) is 0. The van der Waals surface area contributed by atoms with Crippen LogP contribution in [0, 0.1) is 0 Å². The van der Waals surface area contributed by atoms with Gasteiger partial charge in [0.2, 0.25) is 11.7 Å². The summed E-state index contributed by atoms with van der Waals surface area (Å²) in [6.07, 6.45) is -14.9. The van der Waals surface area contributed by atoms with Gasteiger partial charge in [-0.3, -0.25) is 0 Å². The number of allylic oxidation sites excluding steroid dienone is 2. The average molecular weight is 648 g/mol. The van der Waals surface area contributed by atoms with Crippen LogP contribution in [0.5, 0.6) is 0 Å². The highest BCUT2D eigenvalue weighted by Gasteiger charge is 2.98. The molecule has 0 atom stereocenters. The predicted octanol–water partition coefficient (Wildman–Crippen LogP) is 8.00. The quantitative estimate of drug-likeness (QED) is 0.238. The SMILES string of the molecule is OC(F)(F)C(F)(F)C(F)(F)C(F)(F)C(F)(F)C(F)(F)C(F)(F)C(F)(F)C(F)(F)C(F)(F)/C(F)=C(\F)C(F)(F)F. The molecule has 0 aromatic carbocycles. The lowest BCUT2D eigenvalue weighted by atomic mass is 9.86. The molecule has 0 radical (unpaired) electrons. The summed E-state index contributed by atoms with van der Waals surface area (Å²) in [4.78, 5) is 0. The summed E-state index contributed by atoms with van der Waals surface area (Å²) in [6.45, 7) is 0. The lowest BCUT2D eigenvalue weighted by Crippen LogP contribution is -2.77. The van der Waals surface area contributed by atoms with Gasteiger partial charge in [-0.15, -0.1) is 0 Å². The molecule has 234 valence electrons. The smallest absolute Gasteiger partial charge is 0.331 e. The Morgan fingerprint density at radius 3 is 0.718 bits per heavy atom. The third kappa shape index (κ3) is 4.60. The second kappa shape index (κ2) is 8.97. The van der Waals surface area contributed by atoms with Gasteiger partial charge < -0.3 is 5.11 Å². The minimum Gasteiger partial charge on any atom is -0.331 e. The van der Waals surface area contributed by atoms with Crippen LogP contribution in [0.4, 0.5) is 110 Å². The molecule has 0 aromatic heterocycles. The molecule has 39 heavy (non-hydrogen) atoms. The van der Waals surface area contributed by atoms with Crippen molar-refractivity contribution in [3.63, 3.8) is 0 Å². The largest absolute Gasteiger partial charge is 0.445 e. The Morgan fingerprint density at radius 1 is 0.308 bits per heavy atom. The van der Waals surface area contributed by atoms with Crippen LogP contribution in [0.15, 0.2) is 11.7 Å². The molecule has 1 nitrogen and oxygen atoms in total. The van der Waals surface area contributed by atoms with Gasteiger partial charge >= 0.3 is 65.6 Å². The average Bonchev–Trinajstić information content (AvgIpc) is 2.69. The van der Waals surface area contributed by atoms with Crippen molar-refractivity contribution in [2.24, 2.45) is 0 Å². The topological polar surface area (TPSA) is 20.2 Å². The number of hydrogen-bond donors (Lipinski definition) is 1. The van der Waals surface area contributed by atoms with Gasteiger partial charge in [-0.05, 0) is 0 Å². The Hall–Kier alpha value is -2.05. The minimum absolute atomic E-state index is 5.18. The van der Waals surface area contributed by atoms with Crippen LogP contribution in [-0.4, -0.2) is 70.7 Å². The summed E-state index contributed by atoms with van der Waals surface area (Å²) in [5.74, 6) is -92.7. The van der Waals surface area contributed by atoms with Gasteiger partial charge in [-0.2, -0.15) is 105 Å². The molecule has 0 aliphatic heterocycles. The van der Waals surface area contributed by atoms with Gasteiger partial charge in [-0.25, -0.2) is 4.39 Å². The van der Waals surface area contributed by atoms with Crippen LogP contribution >= 0.6 is 0 Å². The molecule has 1 N–H and O–H groups in total. The second-order valence-corrected chi connectivity index (χ2v) is 6.84. The van der Waals surface area contributed by atoms with E-state index in [4.69, 9.17) is 5.11 Å². The Labute approximate surface area is 193 Å². The van der Waals surface area contributed by atoms with Crippen LogP contribution in [0.25, 0.3) is 0 Å². The van der Waals surface area contributed by atoms with Gasteiger partial charge in [0.1, 0.15) is 0 Å². The van der Waals surface area contributed by atoms with Crippen molar-refractivity contribution in [1.82, 2.24) is 0 Å². The third-order valence-electron chi connectivity index (χ3n) is 4.25.